The summed E-state index contributed by atoms with van der Waals surface area (Å²) < 4.78 is 4.69. The normalized spacial score (nSPS) is 11.2. The van der Waals surface area contributed by atoms with E-state index in [0.29, 0.717) is 6.42 Å². The second kappa shape index (κ2) is 7.12. The van der Waals surface area contributed by atoms with Gasteiger partial charge >= 0.3 is 5.97 Å². The van der Waals surface area contributed by atoms with E-state index >= 15 is 0 Å². The first kappa shape index (κ1) is 12.8. The van der Waals surface area contributed by atoms with E-state index in [1.165, 1.54) is 12.0 Å². The van der Waals surface area contributed by atoms with Crippen molar-refractivity contribution in [1.82, 2.24) is 0 Å². The molecule has 0 aliphatic carbocycles. The average Bonchev–Trinajstić information content (AvgIpc) is 2.35. The molecule has 3 heteroatoms. The Kier molecular flexibility index (Phi) is 5.72. The van der Waals surface area contributed by atoms with Gasteiger partial charge in [-0.2, -0.15) is 0 Å². The largest absolute Gasteiger partial charge is 0.466 e. The summed E-state index contributed by atoms with van der Waals surface area (Å²) in [6, 6.07) is 10.1. The molecule has 0 amide bonds. The Hall–Kier alpha value is -1.22. The molecule has 0 bridgehead atoms. The molecule has 0 spiro atoms. The first-order chi connectivity index (χ1) is 7.77. The van der Waals surface area contributed by atoms with Gasteiger partial charge in [-0.1, -0.05) is 31.2 Å². The third-order valence-corrected chi connectivity index (χ3v) is 3.09. The number of carbonyl (C=O) groups is 1. The monoisotopic (exact) mass is 236 g/mol. The minimum Gasteiger partial charge on any atom is -0.466 e. The molecule has 0 aromatic heterocycles. The van der Waals surface area contributed by atoms with E-state index in [4.69, 9.17) is 0 Å². The zero-order valence-electron chi connectivity index (χ0n) is 9.60. The molecule has 0 saturated heterocycles. The molecule has 1 rings (SSSR count). The van der Waals surface area contributed by atoms with Gasteiger partial charge in [-0.3, -0.25) is 0 Å². The molecule has 0 aliphatic heterocycles. The van der Waals surface area contributed by atoms with Crippen LogP contribution < -0.4 is 0 Å². The summed E-state index contributed by atoms with van der Waals surface area (Å²) >= 11 is 1.71. The van der Waals surface area contributed by atoms with Crippen LogP contribution in [0.3, 0.4) is 0 Å². The van der Waals surface area contributed by atoms with Crippen LogP contribution in [-0.4, -0.2) is 18.8 Å². The number of hydrogen-bond acceptors (Lipinski definition) is 3. The van der Waals surface area contributed by atoms with Crippen LogP contribution in [-0.2, 0) is 9.53 Å². The Balaban J connectivity index is 2.49. The first-order valence-electron chi connectivity index (χ1n) is 5.23. The number of thioether (sulfide) groups is 1. The topological polar surface area (TPSA) is 26.3 Å². The van der Waals surface area contributed by atoms with E-state index in [2.05, 4.69) is 16.9 Å². The van der Waals surface area contributed by atoms with Gasteiger partial charge in [0.1, 0.15) is 0 Å². The van der Waals surface area contributed by atoms with E-state index in [-0.39, 0.29) is 5.97 Å². The predicted molar refractivity (Wildman–Crippen MR) is 67.6 cm³/mol. The van der Waals surface area contributed by atoms with Crippen molar-refractivity contribution in [3.63, 3.8) is 0 Å². The van der Waals surface area contributed by atoms with Gasteiger partial charge in [0, 0.05) is 16.2 Å². The fourth-order valence-corrected chi connectivity index (χ4v) is 2.08. The van der Waals surface area contributed by atoms with Crippen molar-refractivity contribution in [2.45, 2.75) is 18.2 Å². The van der Waals surface area contributed by atoms with Crippen molar-refractivity contribution in [1.29, 1.82) is 0 Å². The number of rotatable bonds is 5. The summed E-state index contributed by atoms with van der Waals surface area (Å²) in [6.45, 7) is 1.95. The van der Waals surface area contributed by atoms with E-state index < -0.39 is 0 Å². The van der Waals surface area contributed by atoms with Crippen LogP contribution in [0, 0.1) is 0 Å². The molecule has 86 valence electrons. The number of methoxy groups -OCH3 is 1. The summed E-state index contributed by atoms with van der Waals surface area (Å²) in [5.74, 6) is 0.568. The van der Waals surface area contributed by atoms with Crippen LogP contribution in [0.4, 0.5) is 0 Å². The Morgan fingerprint density at radius 2 is 2.06 bits per heavy atom. The molecule has 0 N–H and O–H groups in total. The number of esters is 1. The highest BCUT2D eigenvalue weighted by atomic mass is 32.2. The molecule has 0 fully saturated rings. The van der Waals surface area contributed by atoms with Crippen LogP contribution in [0.5, 0.6) is 0 Å². The van der Waals surface area contributed by atoms with Gasteiger partial charge in [-0.15, -0.1) is 11.8 Å². The zero-order valence-corrected chi connectivity index (χ0v) is 10.4. The molecule has 1 aromatic rings. The van der Waals surface area contributed by atoms with Gasteiger partial charge in [0.25, 0.3) is 0 Å². The van der Waals surface area contributed by atoms with Crippen molar-refractivity contribution >= 4 is 17.7 Å². The lowest BCUT2D eigenvalue weighted by molar-refractivity contribution is -0.136. The van der Waals surface area contributed by atoms with Crippen molar-refractivity contribution < 1.29 is 9.53 Å². The Bertz CT molecular complexity index is 357. The van der Waals surface area contributed by atoms with Crippen molar-refractivity contribution in [3.8, 4) is 0 Å². The molecular weight excluding hydrogens is 220 g/mol. The average molecular weight is 236 g/mol. The number of benzene rings is 1. The van der Waals surface area contributed by atoms with Crippen LogP contribution in [0.1, 0.15) is 13.3 Å². The summed E-state index contributed by atoms with van der Waals surface area (Å²) in [4.78, 5) is 12.5. The van der Waals surface area contributed by atoms with Gasteiger partial charge in [0.2, 0.25) is 0 Å². The van der Waals surface area contributed by atoms with E-state index in [0.717, 1.165) is 11.3 Å². The molecule has 0 aliphatic rings. The maximum atomic E-state index is 11.3. The summed E-state index contributed by atoms with van der Waals surface area (Å²) in [5.41, 5.74) is 0.742. The highest BCUT2D eigenvalue weighted by Crippen LogP contribution is 2.18. The fourth-order valence-electron chi connectivity index (χ4n) is 1.26. The highest BCUT2D eigenvalue weighted by molar-refractivity contribution is 7.99. The quantitative estimate of drug-likeness (QED) is 0.446. The third-order valence-electron chi connectivity index (χ3n) is 2.15. The molecule has 1 aromatic carbocycles. The molecule has 0 atom stereocenters. The van der Waals surface area contributed by atoms with Crippen molar-refractivity contribution in [3.05, 3.63) is 42.0 Å². The zero-order chi connectivity index (χ0) is 11.8. The van der Waals surface area contributed by atoms with Gasteiger partial charge in [0.15, 0.2) is 0 Å². The molecule has 16 heavy (non-hydrogen) atoms. The highest BCUT2D eigenvalue weighted by Gasteiger charge is 2.05. The Morgan fingerprint density at radius 3 is 2.62 bits per heavy atom. The Labute approximate surface area is 101 Å². The van der Waals surface area contributed by atoms with Gasteiger partial charge in [-0.05, 0) is 18.6 Å². The summed E-state index contributed by atoms with van der Waals surface area (Å²) in [5, 5.41) is 0. The number of ether oxygens (including phenoxy) is 1. The Morgan fingerprint density at radius 1 is 1.38 bits per heavy atom. The minimum atomic E-state index is -0.226. The standard InChI is InChI=1S/C13H16O2S/c1-3-11(13(14)15-2)9-10-16-12-7-5-4-6-8-12/h4-9H,3,10H2,1-2H3. The maximum Gasteiger partial charge on any atom is 0.333 e. The summed E-state index contributed by atoms with van der Waals surface area (Å²) in [6.07, 6.45) is 2.64. The van der Waals surface area contributed by atoms with Gasteiger partial charge in [0.05, 0.1) is 7.11 Å². The lowest BCUT2D eigenvalue weighted by Crippen LogP contribution is -2.04. The molecular formula is C13H16O2S. The molecule has 0 saturated carbocycles. The molecule has 0 unspecified atom stereocenters. The third kappa shape index (κ3) is 4.11. The van der Waals surface area contributed by atoms with Gasteiger partial charge in [-0.25, -0.2) is 4.79 Å². The van der Waals surface area contributed by atoms with Gasteiger partial charge < -0.3 is 4.74 Å². The molecule has 0 radical (unpaired) electrons. The van der Waals surface area contributed by atoms with Crippen LogP contribution >= 0.6 is 11.8 Å². The first-order valence-corrected chi connectivity index (χ1v) is 6.21. The van der Waals surface area contributed by atoms with Crippen LogP contribution in [0.15, 0.2) is 46.9 Å². The summed E-state index contributed by atoms with van der Waals surface area (Å²) in [7, 11) is 1.41. The van der Waals surface area contributed by atoms with Crippen LogP contribution in [0.2, 0.25) is 0 Å². The van der Waals surface area contributed by atoms with E-state index in [1.54, 1.807) is 11.8 Å². The predicted octanol–water partition coefficient (Wildman–Crippen LogP) is 3.29. The fraction of sp³-hybridized carbons (Fsp3) is 0.308. The lowest BCUT2D eigenvalue weighted by atomic mass is 10.2. The van der Waals surface area contributed by atoms with E-state index in [9.17, 15) is 4.79 Å². The number of hydrogen-bond donors (Lipinski definition) is 0. The SMILES string of the molecule is CCC(=CCSc1ccccc1)C(=O)OC. The second-order valence-electron chi connectivity index (χ2n) is 3.20. The smallest absolute Gasteiger partial charge is 0.333 e. The number of carbonyl (C=O) groups excluding carboxylic acids is 1. The van der Waals surface area contributed by atoms with E-state index in [1.807, 2.05) is 31.2 Å². The van der Waals surface area contributed by atoms with Crippen molar-refractivity contribution in [2.24, 2.45) is 0 Å². The second-order valence-corrected chi connectivity index (χ2v) is 4.29. The van der Waals surface area contributed by atoms with Crippen LogP contribution in [0.25, 0.3) is 0 Å². The minimum absolute atomic E-state index is 0.226. The molecule has 0 heterocycles. The maximum absolute atomic E-state index is 11.3. The lowest BCUT2D eigenvalue weighted by Gasteiger charge is -2.02. The van der Waals surface area contributed by atoms with Crippen molar-refractivity contribution in [2.75, 3.05) is 12.9 Å². The molecule has 2 nitrogen and oxygen atoms in total.